The summed E-state index contributed by atoms with van der Waals surface area (Å²) in [7, 11) is 0. The van der Waals surface area contributed by atoms with Crippen molar-refractivity contribution in [2.45, 2.75) is 19.2 Å². The second-order valence-electron chi connectivity index (χ2n) is 5.43. The summed E-state index contributed by atoms with van der Waals surface area (Å²) >= 11 is 12.9. The molecule has 0 nitrogen and oxygen atoms in total. The van der Waals surface area contributed by atoms with Crippen LogP contribution in [0.2, 0.25) is 5.02 Å². The first-order valence-electron chi connectivity index (χ1n) is 6.95. The van der Waals surface area contributed by atoms with E-state index in [9.17, 15) is 0 Å². The highest BCUT2D eigenvalue weighted by atomic mass is 35.5. The van der Waals surface area contributed by atoms with Gasteiger partial charge in [0.1, 0.15) is 0 Å². The Morgan fingerprint density at radius 2 is 1.52 bits per heavy atom. The summed E-state index contributed by atoms with van der Waals surface area (Å²) in [5.41, 5.74) is 4.41. The van der Waals surface area contributed by atoms with Crippen LogP contribution in [0.1, 0.15) is 27.6 Å². The van der Waals surface area contributed by atoms with E-state index in [1.807, 2.05) is 25.1 Å². The van der Waals surface area contributed by atoms with Gasteiger partial charge in [0, 0.05) is 5.02 Å². The number of hydrogen-bond acceptors (Lipinski definition) is 0. The third-order valence-electron chi connectivity index (χ3n) is 3.89. The van der Waals surface area contributed by atoms with Gasteiger partial charge in [0.15, 0.2) is 0 Å². The van der Waals surface area contributed by atoms with Crippen molar-refractivity contribution in [1.29, 1.82) is 0 Å². The van der Waals surface area contributed by atoms with Gasteiger partial charge in [-0.15, -0.1) is 11.6 Å². The number of rotatable bonds is 2. The molecule has 0 aliphatic rings. The highest BCUT2D eigenvalue weighted by Gasteiger charge is 2.15. The zero-order chi connectivity index (χ0) is 15.0. The van der Waals surface area contributed by atoms with Crippen molar-refractivity contribution in [1.82, 2.24) is 0 Å². The van der Waals surface area contributed by atoms with Gasteiger partial charge >= 0.3 is 0 Å². The molecule has 0 aromatic heterocycles. The van der Waals surface area contributed by atoms with Crippen LogP contribution in [0.3, 0.4) is 0 Å². The van der Waals surface area contributed by atoms with Crippen LogP contribution in [0.25, 0.3) is 10.8 Å². The number of fused-ring (bicyclic) bond motifs is 1. The van der Waals surface area contributed by atoms with Crippen molar-refractivity contribution in [3.63, 3.8) is 0 Å². The maximum absolute atomic E-state index is 6.72. The molecule has 0 heterocycles. The highest BCUT2D eigenvalue weighted by molar-refractivity contribution is 6.31. The Bertz CT molecular complexity index is 806. The fourth-order valence-corrected chi connectivity index (χ4v) is 3.21. The number of halogens is 2. The summed E-state index contributed by atoms with van der Waals surface area (Å²) < 4.78 is 0. The average Bonchev–Trinajstić information content (AvgIpc) is 2.50. The highest BCUT2D eigenvalue weighted by Crippen LogP contribution is 2.34. The third-order valence-corrected chi connectivity index (χ3v) is 4.78. The van der Waals surface area contributed by atoms with Gasteiger partial charge in [-0.05, 0) is 59.0 Å². The second-order valence-corrected chi connectivity index (χ2v) is 6.27. The number of alkyl halides is 1. The van der Waals surface area contributed by atoms with Gasteiger partial charge in [0.2, 0.25) is 0 Å². The zero-order valence-corrected chi connectivity index (χ0v) is 13.5. The summed E-state index contributed by atoms with van der Waals surface area (Å²) in [4.78, 5) is 0. The average molecular weight is 315 g/mol. The van der Waals surface area contributed by atoms with E-state index >= 15 is 0 Å². The van der Waals surface area contributed by atoms with Crippen LogP contribution in [-0.4, -0.2) is 0 Å². The van der Waals surface area contributed by atoms with Crippen LogP contribution < -0.4 is 0 Å². The fraction of sp³-hybridized carbons (Fsp3) is 0.158. The monoisotopic (exact) mass is 314 g/mol. The van der Waals surface area contributed by atoms with Crippen molar-refractivity contribution in [3.05, 3.63) is 81.9 Å². The Hall–Kier alpha value is -1.50. The van der Waals surface area contributed by atoms with E-state index < -0.39 is 0 Å². The molecule has 3 rings (SSSR count). The molecule has 0 spiro atoms. The Morgan fingerprint density at radius 1 is 0.810 bits per heavy atom. The van der Waals surface area contributed by atoms with E-state index in [1.54, 1.807) is 0 Å². The van der Waals surface area contributed by atoms with E-state index in [-0.39, 0.29) is 5.38 Å². The molecule has 106 valence electrons. The molecular formula is C19H16Cl2. The minimum atomic E-state index is -0.162. The molecule has 3 aromatic rings. The first-order chi connectivity index (χ1) is 10.1. The molecular weight excluding hydrogens is 299 g/mol. The molecule has 3 aromatic carbocycles. The zero-order valence-electron chi connectivity index (χ0n) is 12.0. The molecule has 0 aliphatic heterocycles. The van der Waals surface area contributed by atoms with E-state index in [0.717, 1.165) is 27.3 Å². The molecule has 0 fully saturated rings. The minimum absolute atomic E-state index is 0.162. The smallest absolute Gasteiger partial charge is 0.0838 e. The molecule has 1 atom stereocenters. The second kappa shape index (κ2) is 5.71. The normalized spacial score (nSPS) is 12.6. The standard InChI is InChI=1S/C19H16Cl2/c1-12-10-18(20)13(2)9-17(12)19(21)16-8-7-14-5-3-4-6-15(14)11-16/h3-11,19H,1-2H3. The van der Waals surface area contributed by atoms with Crippen LogP contribution >= 0.6 is 23.2 Å². The van der Waals surface area contributed by atoms with Gasteiger partial charge < -0.3 is 0 Å². The van der Waals surface area contributed by atoms with Crippen LogP contribution in [0.15, 0.2) is 54.6 Å². The van der Waals surface area contributed by atoms with Gasteiger partial charge in [0.05, 0.1) is 5.38 Å². The summed E-state index contributed by atoms with van der Waals surface area (Å²) in [6, 6.07) is 18.8. The van der Waals surface area contributed by atoms with Gasteiger partial charge in [-0.2, -0.15) is 0 Å². The van der Waals surface area contributed by atoms with E-state index in [0.29, 0.717) is 0 Å². The van der Waals surface area contributed by atoms with Gasteiger partial charge in [0.25, 0.3) is 0 Å². The minimum Gasteiger partial charge on any atom is -0.113 e. The topological polar surface area (TPSA) is 0 Å². The van der Waals surface area contributed by atoms with Crippen molar-refractivity contribution in [3.8, 4) is 0 Å². The van der Waals surface area contributed by atoms with Crippen LogP contribution in [0.4, 0.5) is 0 Å². The van der Waals surface area contributed by atoms with Crippen molar-refractivity contribution in [2.24, 2.45) is 0 Å². The molecule has 0 bridgehead atoms. The summed E-state index contributed by atoms with van der Waals surface area (Å²) in [6.07, 6.45) is 0. The molecule has 0 aliphatic carbocycles. The number of aryl methyl sites for hydroxylation is 2. The van der Waals surface area contributed by atoms with Crippen molar-refractivity contribution in [2.75, 3.05) is 0 Å². The maximum Gasteiger partial charge on any atom is 0.0838 e. The Labute approximate surface area is 135 Å². The van der Waals surface area contributed by atoms with E-state index in [2.05, 4.69) is 43.3 Å². The summed E-state index contributed by atoms with van der Waals surface area (Å²) in [6.45, 7) is 4.06. The molecule has 0 saturated carbocycles. The lowest BCUT2D eigenvalue weighted by atomic mass is 9.96. The number of benzene rings is 3. The first kappa shape index (κ1) is 14.4. The van der Waals surface area contributed by atoms with Gasteiger partial charge in [-0.3, -0.25) is 0 Å². The van der Waals surface area contributed by atoms with Gasteiger partial charge in [-0.25, -0.2) is 0 Å². The van der Waals surface area contributed by atoms with Crippen molar-refractivity contribution < 1.29 is 0 Å². The molecule has 0 N–H and O–H groups in total. The maximum atomic E-state index is 6.72. The molecule has 0 saturated heterocycles. The van der Waals surface area contributed by atoms with Gasteiger partial charge in [-0.1, -0.05) is 54.1 Å². The lowest BCUT2D eigenvalue weighted by molar-refractivity contribution is 1.11. The Kier molecular flexibility index (Phi) is 3.93. The molecule has 1 unspecified atom stereocenters. The van der Waals surface area contributed by atoms with Crippen LogP contribution in [0.5, 0.6) is 0 Å². The fourth-order valence-electron chi connectivity index (χ4n) is 2.62. The first-order valence-corrected chi connectivity index (χ1v) is 7.77. The van der Waals surface area contributed by atoms with Crippen LogP contribution in [0, 0.1) is 13.8 Å². The predicted molar refractivity (Wildman–Crippen MR) is 92.6 cm³/mol. The third kappa shape index (κ3) is 2.79. The molecule has 0 amide bonds. The SMILES string of the molecule is Cc1cc(C(Cl)c2ccc3ccccc3c2)c(C)cc1Cl. The lowest BCUT2D eigenvalue weighted by Crippen LogP contribution is -1.98. The quantitative estimate of drug-likeness (QED) is 0.477. The Morgan fingerprint density at radius 3 is 2.29 bits per heavy atom. The number of hydrogen-bond donors (Lipinski definition) is 0. The molecule has 2 heteroatoms. The Balaban J connectivity index is 2.07. The predicted octanol–water partition coefficient (Wildman–Crippen LogP) is 6.44. The largest absolute Gasteiger partial charge is 0.113 e. The summed E-state index contributed by atoms with van der Waals surface area (Å²) in [5, 5.41) is 3.07. The van der Waals surface area contributed by atoms with E-state index in [4.69, 9.17) is 23.2 Å². The molecule has 0 radical (unpaired) electrons. The van der Waals surface area contributed by atoms with E-state index in [1.165, 1.54) is 10.8 Å². The van der Waals surface area contributed by atoms with Crippen LogP contribution in [-0.2, 0) is 0 Å². The van der Waals surface area contributed by atoms with Crippen molar-refractivity contribution >= 4 is 34.0 Å². The molecule has 21 heavy (non-hydrogen) atoms. The summed E-state index contributed by atoms with van der Waals surface area (Å²) in [5.74, 6) is 0. The lowest BCUT2D eigenvalue weighted by Gasteiger charge is -2.15.